The predicted octanol–water partition coefficient (Wildman–Crippen LogP) is 13.6. The lowest BCUT2D eigenvalue weighted by Gasteiger charge is -2.21. The second kappa shape index (κ2) is 12.7. The standard InChI is InChI=1S/C51H32N4OS/c1-3-12-31(13-4-1)49-52-50(32-14-5-2-6-15-32)54-51(53-49)34-23-27-45-42(28-34)41-19-11-18-36(48(41)56-45)33-22-25-39-40-26-24-35(30-47(40)57-46(39)29-33)55-43-20-9-7-16-37(43)38-17-8-10-21-44(38)55/h1-29,35H,30H2. The summed E-state index contributed by atoms with van der Waals surface area (Å²) in [5, 5.41) is 6.02. The van der Waals surface area contributed by atoms with Gasteiger partial charge in [-0.2, -0.15) is 0 Å². The number of thiophene rings is 1. The van der Waals surface area contributed by atoms with Crippen molar-refractivity contribution in [3.8, 4) is 45.3 Å². The minimum Gasteiger partial charge on any atom is -0.455 e. The molecule has 4 aromatic heterocycles. The summed E-state index contributed by atoms with van der Waals surface area (Å²) >= 11 is 1.92. The lowest BCUT2D eigenvalue weighted by Crippen LogP contribution is -2.11. The fraction of sp³-hybridized carbons (Fsp3) is 0.0392. The Morgan fingerprint density at radius 2 is 1.12 bits per heavy atom. The molecule has 57 heavy (non-hydrogen) atoms. The fourth-order valence-corrected chi connectivity index (χ4v) is 10.0. The van der Waals surface area contributed by atoms with E-state index >= 15 is 0 Å². The Bertz CT molecular complexity index is 3280. The SMILES string of the molecule is C1=CC(n2c3ccccc3c3ccccc32)Cc2sc3cc(-c4cccc5c4oc4ccc(-c6nc(-c7ccccc7)nc(-c7ccccc7)n6)cc45)ccc3c21. The van der Waals surface area contributed by atoms with Gasteiger partial charge in [-0.3, -0.25) is 0 Å². The van der Waals surface area contributed by atoms with Crippen LogP contribution in [0.1, 0.15) is 16.5 Å². The third kappa shape index (κ3) is 5.18. The number of fused-ring (bicyclic) bond motifs is 9. The largest absolute Gasteiger partial charge is 0.455 e. The van der Waals surface area contributed by atoms with Crippen molar-refractivity contribution in [1.82, 2.24) is 19.5 Å². The molecule has 0 aliphatic heterocycles. The molecule has 0 amide bonds. The highest BCUT2D eigenvalue weighted by molar-refractivity contribution is 7.19. The van der Waals surface area contributed by atoms with Gasteiger partial charge in [0.05, 0.1) is 6.04 Å². The molecule has 0 radical (unpaired) electrons. The van der Waals surface area contributed by atoms with Crippen LogP contribution in [0.5, 0.6) is 0 Å². The van der Waals surface area contributed by atoms with Gasteiger partial charge in [0.1, 0.15) is 11.2 Å². The molecule has 0 spiro atoms. The van der Waals surface area contributed by atoms with Crippen LogP contribution in [0.25, 0.3) is 105 Å². The Kier molecular flexibility index (Phi) is 7.16. The van der Waals surface area contributed by atoms with Gasteiger partial charge < -0.3 is 8.98 Å². The fourth-order valence-electron chi connectivity index (χ4n) is 8.72. The van der Waals surface area contributed by atoms with Crippen molar-refractivity contribution < 1.29 is 4.42 Å². The number of rotatable bonds is 5. The van der Waals surface area contributed by atoms with E-state index in [4.69, 9.17) is 19.4 Å². The van der Waals surface area contributed by atoms with Crippen molar-refractivity contribution in [1.29, 1.82) is 0 Å². The van der Waals surface area contributed by atoms with Crippen molar-refractivity contribution in [2.24, 2.45) is 0 Å². The molecular formula is C51H32N4OS. The lowest BCUT2D eigenvalue weighted by atomic mass is 9.97. The van der Waals surface area contributed by atoms with Crippen molar-refractivity contribution in [3.05, 3.63) is 180 Å². The van der Waals surface area contributed by atoms with Crippen LogP contribution >= 0.6 is 11.3 Å². The molecule has 4 heterocycles. The van der Waals surface area contributed by atoms with Crippen molar-refractivity contribution >= 4 is 71.2 Å². The lowest BCUT2D eigenvalue weighted by molar-refractivity contribution is 0.642. The van der Waals surface area contributed by atoms with Crippen molar-refractivity contribution in [2.45, 2.75) is 12.5 Å². The molecule has 0 saturated heterocycles. The molecule has 0 saturated carbocycles. The Hall–Kier alpha value is -7.15. The Morgan fingerprint density at radius 3 is 1.82 bits per heavy atom. The number of allylic oxidation sites excluding steroid dienone is 1. The average molecular weight is 749 g/mol. The first-order valence-electron chi connectivity index (χ1n) is 19.3. The van der Waals surface area contributed by atoms with E-state index in [9.17, 15) is 0 Å². The van der Waals surface area contributed by atoms with Crippen LogP contribution in [0.4, 0.5) is 0 Å². The zero-order valence-corrected chi connectivity index (χ0v) is 31.4. The molecule has 0 fully saturated rings. The summed E-state index contributed by atoms with van der Waals surface area (Å²) in [7, 11) is 0. The monoisotopic (exact) mass is 748 g/mol. The molecule has 12 rings (SSSR count). The van der Waals surface area contributed by atoms with E-state index in [1.54, 1.807) is 0 Å². The Morgan fingerprint density at radius 1 is 0.509 bits per heavy atom. The van der Waals surface area contributed by atoms with E-state index in [2.05, 4.69) is 108 Å². The summed E-state index contributed by atoms with van der Waals surface area (Å²) in [6, 6.07) is 57.6. The highest BCUT2D eigenvalue weighted by atomic mass is 32.1. The number of furan rings is 1. The molecule has 1 aliphatic rings. The van der Waals surface area contributed by atoms with Crippen LogP contribution in [0.15, 0.2) is 174 Å². The zero-order chi connectivity index (χ0) is 37.5. The summed E-state index contributed by atoms with van der Waals surface area (Å²) < 4.78 is 10.5. The van der Waals surface area contributed by atoms with Crippen LogP contribution in [0, 0.1) is 0 Å². The molecule has 5 nitrogen and oxygen atoms in total. The average Bonchev–Trinajstić information content (AvgIpc) is 3.95. The maximum atomic E-state index is 6.67. The van der Waals surface area contributed by atoms with Gasteiger partial charge >= 0.3 is 0 Å². The molecule has 1 atom stereocenters. The van der Waals surface area contributed by atoms with Gasteiger partial charge in [0.25, 0.3) is 0 Å². The molecule has 6 heteroatoms. The number of benzene rings is 7. The van der Waals surface area contributed by atoms with Crippen molar-refractivity contribution in [2.75, 3.05) is 0 Å². The summed E-state index contributed by atoms with van der Waals surface area (Å²) in [4.78, 5) is 16.3. The minimum absolute atomic E-state index is 0.247. The maximum Gasteiger partial charge on any atom is 0.164 e. The Balaban J connectivity index is 0.924. The first-order valence-corrected chi connectivity index (χ1v) is 20.1. The third-order valence-electron chi connectivity index (χ3n) is 11.4. The molecule has 1 aliphatic carbocycles. The highest BCUT2D eigenvalue weighted by Crippen LogP contribution is 2.44. The van der Waals surface area contributed by atoms with E-state index < -0.39 is 0 Å². The molecule has 0 bridgehead atoms. The molecule has 0 N–H and O–H groups in total. The number of aromatic nitrogens is 4. The normalized spacial score (nSPS) is 14.0. The van der Waals surface area contributed by atoms with Gasteiger partial charge in [0.15, 0.2) is 17.5 Å². The minimum atomic E-state index is 0.247. The van der Waals surface area contributed by atoms with Crippen LogP contribution in [-0.2, 0) is 6.42 Å². The van der Waals surface area contributed by atoms with Crippen LogP contribution < -0.4 is 0 Å². The molecule has 1 unspecified atom stereocenters. The summed E-state index contributed by atoms with van der Waals surface area (Å²) in [5.41, 5.74) is 10.6. The predicted molar refractivity (Wildman–Crippen MR) is 235 cm³/mol. The quantitative estimate of drug-likeness (QED) is 0.176. The summed E-state index contributed by atoms with van der Waals surface area (Å²) in [6.07, 6.45) is 5.71. The van der Waals surface area contributed by atoms with E-state index in [0.717, 1.165) is 56.2 Å². The molecule has 7 aromatic carbocycles. The Labute approximate surface area is 331 Å². The topological polar surface area (TPSA) is 56.7 Å². The highest BCUT2D eigenvalue weighted by Gasteiger charge is 2.24. The smallest absolute Gasteiger partial charge is 0.164 e. The third-order valence-corrected chi connectivity index (χ3v) is 12.6. The second-order valence-corrected chi connectivity index (χ2v) is 15.9. The van der Waals surface area contributed by atoms with Crippen LogP contribution in [-0.4, -0.2) is 19.5 Å². The van der Waals surface area contributed by atoms with Gasteiger partial charge in [0.2, 0.25) is 0 Å². The molecule has 11 aromatic rings. The number of para-hydroxylation sites is 3. The van der Waals surface area contributed by atoms with Crippen LogP contribution in [0.3, 0.4) is 0 Å². The van der Waals surface area contributed by atoms with Gasteiger partial charge in [0, 0.05) is 70.8 Å². The van der Waals surface area contributed by atoms with Gasteiger partial charge in [-0.15, -0.1) is 11.3 Å². The first-order chi connectivity index (χ1) is 28.2. The second-order valence-electron chi connectivity index (χ2n) is 14.7. The van der Waals surface area contributed by atoms with E-state index in [-0.39, 0.29) is 6.04 Å². The number of hydrogen-bond acceptors (Lipinski definition) is 5. The van der Waals surface area contributed by atoms with E-state index in [1.165, 1.54) is 42.3 Å². The first kappa shape index (κ1) is 32.1. The van der Waals surface area contributed by atoms with E-state index in [0.29, 0.717) is 17.5 Å². The maximum absolute atomic E-state index is 6.67. The van der Waals surface area contributed by atoms with Gasteiger partial charge in [-0.1, -0.05) is 140 Å². The van der Waals surface area contributed by atoms with Crippen molar-refractivity contribution in [3.63, 3.8) is 0 Å². The summed E-state index contributed by atoms with van der Waals surface area (Å²) in [5.74, 6) is 1.90. The van der Waals surface area contributed by atoms with Gasteiger partial charge in [-0.25, -0.2) is 15.0 Å². The molecular weight excluding hydrogens is 717 g/mol. The van der Waals surface area contributed by atoms with Gasteiger partial charge in [-0.05, 0) is 52.9 Å². The van der Waals surface area contributed by atoms with Crippen LogP contribution in [0.2, 0.25) is 0 Å². The zero-order valence-electron chi connectivity index (χ0n) is 30.6. The van der Waals surface area contributed by atoms with E-state index in [1.807, 2.05) is 84.1 Å². The summed E-state index contributed by atoms with van der Waals surface area (Å²) in [6.45, 7) is 0. The number of hydrogen-bond donors (Lipinski definition) is 0. The number of nitrogens with zero attached hydrogens (tertiary/aromatic N) is 4. The molecule has 268 valence electrons.